The summed E-state index contributed by atoms with van der Waals surface area (Å²) in [7, 11) is 0. The van der Waals surface area contributed by atoms with Crippen LogP contribution in [0.2, 0.25) is 0 Å². The predicted octanol–water partition coefficient (Wildman–Crippen LogP) is 4.13. The van der Waals surface area contributed by atoms with Gasteiger partial charge < -0.3 is 14.9 Å². The summed E-state index contributed by atoms with van der Waals surface area (Å²) in [5.74, 6) is 0.725. The molecule has 0 saturated carbocycles. The molecule has 1 aromatic rings. The molecule has 0 aromatic heterocycles. The van der Waals surface area contributed by atoms with Gasteiger partial charge in [0.25, 0.3) is 0 Å². The third kappa shape index (κ3) is 8.90. The Kier molecular flexibility index (Phi) is 11.8. The molecule has 0 heterocycles. The van der Waals surface area contributed by atoms with Crippen molar-refractivity contribution >= 4 is 0 Å². The Morgan fingerprint density at radius 1 is 0.875 bits per heavy atom. The van der Waals surface area contributed by atoms with Crippen molar-refractivity contribution < 1.29 is 14.9 Å². The van der Waals surface area contributed by atoms with Crippen LogP contribution in [0.3, 0.4) is 0 Å². The van der Waals surface area contributed by atoms with Gasteiger partial charge in [-0.25, -0.2) is 0 Å². The van der Waals surface area contributed by atoms with Crippen LogP contribution in [0.25, 0.3) is 0 Å². The third-order valence-electron chi connectivity index (χ3n) is 4.14. The maximum absolute atomic E-state index is 9.41. The SMILES string of the molecule is N#CCc1ccc(OCCCCCCCCCCCO)c(CO)c1. The van der Waals surface area contributed by atoms with E-state index in [1.165, 1.54) is 32.1 Å². The van der Waals surface area contributed by atoms with Crippen LogP contribution in [-0.2, 0) is 13.0 Å². The number of hydrogen-bond acceptors (Lipinski definition) is 4. The van der Waals surface area contributed by atoms with Crippen LogP contribution in [-0.4, -0.2) is 23.4 Å². The highest BCUT2D eigenvalue weighted by atomic mass is 16.5. The lowest BCUT2D eigenvalue weighted by atomic mass is 10.1. The second kappa shape index (κ2) is 13.8. The Morgan fingerprint density at radius 3 is 2.08 bits per heavy atom. The van der Waals surface area contributed by atoms with Gasteiger partial charge in [0.2, 0.25) is 0 Å². The maximum atomic E-state index is 9.41. The summed E-state index contributed by atoms with van der Waals surface area (Å²) in [6, 6.07) is 7.69. The highest BCUT2D eigenvalue weighted by Crippen LogP contribution is 2.21. The van der Waals surface area contributed by atoms with E-state index in [0.29, 0.717) is 19.6 Å². The van der Waals surface area contributed by atoms with E-state index in [0.717, 1.165) is 42.6 Å². The molecule has 2 N–H and O–H groups in total. The van der Waals surface area contributed by atoms with Gasteiger partial charge in [0.05, 0.1) is 25.7 Å². The number of nitrogens with zero attached hydrogens (tertiary/aromatic N) is 1. The van der Waals surface area contributed by atoms with Crippen molar-refractivity contribution in [1.29, 1.82) is 5.26 Å². The van der Waals surface area contributed by atoms with Gasteiger partial charge >= 0.3 is 0 Å². The Labute approximate surface area is 146 Å². The first-order chi connectivity index (χ1) is 11.8. The fraction of sp³-hybridized carbons (Fsp3) is 0.650. The number of nitriles is 1. The van der Waals surface area contributed by atoms with Crippen LogP contribution in [0.5, 0.6) is 5.75 Å². The molecule has 24 heavy (non-hydrogen) atoms. The fourth-order valence-corrected chi connectivity index (χ4v) is 2.73. The van der Waals surface area contributed by atoms with Crippen LogP contribution >= 0.6 is 0 Å². The summed E-state index contributed by atoms with van der Waals surface area (Å²) in [6.45, 7) is 0.922. The molecule has 0 aliphatic heterocycles. The van der Waals surface area contributed by atoms with Gasteiger partial charge in [0.1, 0.15) is 5.75 Å². The monoisotopic (exact) mass is 333 g/mol. The van der Waals surface area contributed by atoms with Crippen LogP contribution in [0.1, 0.15) is 68.9 Å². The molecule has 0 saturated heterocycles. The van der Waals surface area contributed by atoms with Crippen LogP contribution in [0, 0.1) is 11.3 Å². The Bertz CT molecular complexity index is 482. The molecule has 1 rings (SSSR count). The zero-order valence-corrected chi connectivity index (χ0v) is 14.7. The van der Waals surface area contributed by atoms with Crippen molar-refractivity contribution in [2.45, 2.75) is 70.8 Å². The van der Waals surface area contributed by atoms with Crippen molar-refractivity contribution in [3.8, 4) is 11.8 Å². The summed E-state index contributed by atoms with van der Waals surface area (Å²) in [5.41, 5.74) is 1.67. The van der Waals surface area contributed by atoms with E-state index >= 15 is 0 Å². The molecule has 0 aliphatic carbocycles. The molecule has 4 nitrogen and oxygen atoms in total. The quantitative estimate of drug-likeness (QED) is 0.502. The molecule has 1 aromatic carbocycles. The lowest BCUT2D eigenvalue weighted by molar-refractivity contribution is 0.259. The standard InChI is InChI=1S/C20H31NO3/c21-13-12-18-10-11-20(19(16-18)17-23)24-15-9-7-5-3-1-2-4-6-8-14-22/h10-11,16,22-23H,1-9,12,14-15,17H2. The molecular formula is C20H31NO3. The van der Waals surface area contributed by atoms with Crippen molar-refractivity contribution in [1.82, 2.24) is 0 Å². The summed E-state index contributed by atoms with van der Waals surface area (Å²) < 4.78 is 5.77. The number of benzene rings is 1. The van der Waals surface area contributed by atoms with Gasteiger partial charge in [-0.2, -0.15) is 5.26 Å². The zero-order valence-electron chi connectivity index (χ0n) is 14.7. The smallest absolute Gasteiger partial charge is 0.124 e. The number of ether oxygens (including phenoxy) is 1. The lowest BCUT2D eigenvalue weighted by Crippen LogP contribution is -2.01. The normalized spacial score (nSPS) is 10.5. The molecule has 0 unspecified atom stereocenters. The van der Waals surface area contributed by atoms with Crippen molar-refractivity contribution in [2.75, 3.05) is 13.2 Å². The predicted molar refractivity (Wildman–Crippen MR) is 95.8 cm³/mol. The van der Waals surface area contributed by atoms with Gasteiger partial charge in [-0.3, -0.25) is 0 Å². The van der Waals surface area contributed by atoms with Gasteiger partial charge in [-0.15, -0.1) is 0 Å². The molecule has 0 radical (unpaired) electrons. The summed E-state index contributed by atoms with van der Waals surface area (Å²) in [5, 5.41) is 26.8. The molecule has 0 bridgehead atoms. The molecule has 0 atom stereocenters. The molecule has 0 fully saturated rings. The summed E-state index contributed by atoms with van der Waals surface area (Å²) in [4.78, 5) is 0. The summed E-state index contributed by atoms with van der Waals surface area (Å²) in [6.07, 6.45) is 10.9. The first-order valence-electron chi connectivity index (χ1n) is 9.15. The minimum Gasteiger partial charge on any atom is -0.493 e. The minimum absolute atomic E-state index is 0.0646. The Balaban J connectivity index is 2.10. The first kappa shape index (κ1) is 20.5. The van der Waals surface area contributed by atoms with Crippen molar-refractivity contribution in [3.05, 3.63) is 29.3 Å². The van der Waals surface area contributed by atoms with E-state index in [9.17, 15) is 5.11 Å². The van der Waals surface area contributed by atoms with E-state index in [-0.39, 0.29) is 6.61 Å². The Morgan fingerprint density at radius 2 is 1.50 bits per heavy atom. The fourth-order valence-electron chi connectivity index (χ4n) is 2.73. The number of aliphatic hydroxyl groups excluding tert-OH is 2. The Hall–Kier alpha value is -1.57. The summed E-state index contributed by atoms with van der Waals surface area (Å²) >= 11 is 0. The second-order valence-corrected chi connectivity index (χ2v) is 6.19. The minimum atomic E-state index is -0.0646. The van der Waals surface area contributed by atoms with Gasteiger partial charge in [-0.05, 0) is 30.5 Å². The highest BCUT2D eigenvalue weighted by Gasteiger charge is 2.04. The molecule has 0 aliphatic rings. The van der Waals surface area contributed by atoms with Crippen molar-refractivity contribution in [2.24, 2.45) is 0 Å². The van der Waals surface area contributed by atoms with Gasteiger partial charge in [0, 0.05) is 12.2 Å². The second-order valence-electron chi connectivity index (χ2n) is 6.19. The number of unbranched alkanes of at least 4 members (excludes halogenated alkanes) is 8. The van der Waals surface area contributed by atoms with Crippen LogP contribution in [0.4, 0.5) is 0 Å². The van der Waals surface area contributed by atoms with Gasteiger partial charge in [0.15, 0.2) is 0 Å². The topological polar surface area (TPSA) is 73.5 Å². The molecule has 0 amide bonds. The van der Waals surface area contributed by atoms with Crippen molar-refractivity contribution in [3.63, 3.8) is 0 Å². The molecule has 0 spiro atoms. The largest absolute Gasteiger partial charge is 0.493 e. The van der Waals surface area contributed by atoms with Gasteiger partial charge in [-0.1, -0.05) is 51.0 Å². The first-order valence-corrected chi connectivity index (χ1v) is 9.15. The zero-order chi connectivity index (χ0) is 17.5. The van der Waals surface area contributed by atoms with E-state index in [2.05, 4.69) is 6.07 Å². The van der Waals surface area contributed by atoms with Crippen LogP contribution in [0.15, 0.2) is 18.2 Å². The van der Waals surface area contributed by atoms with E-state index in [1.807, 2.05) is 18.2 Å². The lowest BCUT2D eigenvalue weighted by Gasteiger charge is -2.11. The average molecular weight is 333 g/mol. The van der Waals surface area contributed by atoms with Crippen LogP contribution < -0.4 is 4.74 Å². The van der Waals surface area contributed by atoms with E-state index < -0.39 is 0 Å². The number of rotatable bonds is 14. The highest BCUT2D eigenvalue weighted by molar-refractivity contribution is 5.37. The van der Waals surface area contributed by atoms with E-state index in [4.69, 9.17) is 15.1 Å². The molecule has 4 heteroatoms. The molecular weight excluding hydrogens is 302 g/mol. The number of hydrogen-bond donors (Lipinski definition) is 2. The van der Waals surface area contributed by atoms with E-state index in [1.54, 1.807) is 0 Å². The maximum Gasteiger partial charge on any atom is 0.124 e. The molecule has 134 valence electrons. The number of aliphatic hydroxyl groups is 2. The third-order valence-corrected chi connectivity index (χ3v) is 4.14. The average Bonchev–Trinajstić information content (AvgIpc) is 2.60.